The first-order chi connectivity index (χ1) is 13.9. The van der Waals surface area contributed by atoms with Crippen LogP contribution in [0, 0.1) is 15.9 Å². The molecule has 1 aromatic heterocycles. The van der Waals surface area contributed by atoms with E-state index >= 15 is 0 Å². The second kappa shape index (κ2) is 9.01. The predicted molar refractivity (Wildman–Crippen MR) is 111 cm³/mol. The first-order valence-corrected chi connectivity index (χ1v) is 10.1. The zero-order chi connectivity index (χ0) is 21.0. The molecular weight excluding hydrogens is 417 g/mol. The van der Waals surface area contributed by atoms with Crippen LogP contribution < -0.4 is 10.1 Å². The Bertz CT molecular complexity index is 1040. The van der Waals surface area contributed by atoms with E-state index in [2.05, 4.69) is 10.3 Å². The molecule has 3 aromatic rings. The van der Waals surface area contributed by atoms with Crippen molar-refractivity contribution in [1.29, 1.82) is 0 Å². The van der Waals surface area contributed by atoms with Crippen LogP contribution in [0.25, 0.3) is 11.3 Å². The lowest BCUT2D eigenvalue weighted by Crippen LogP contribution is -2.22. The largest absolute Gasteiger partial charge is 0.496 e. The van der Waals surface area contributed by atoms with Gasteiger partial charge >= 0.3 is 0 Å². The number of nitro benzene ring substituents is 1. The van der Waals surface area contributed by atoms with Gasteiger partial charge in [0.1, 0.15) is 17.3 Å². The minimum Gasteiger partial charge on any atom is -0.496 e. The van der Waals surface area contributed by atoms with Crippen molar-refractivity contribution in [3.63, 3.8) is 0 Å². The van der Waals surface area contributed by atoms with Gasteiger partial charge in [0.05, 0.1) is 29.0 Å². The Morgan fingerprint density at radius 2 is 2.03 bits per heavy atom. The molecule has 0 saturated carbocycles. The number of thioether (sulfide) groups is 1. The van der Waals surface area contributed by atoms with Gasteiger partial charge in [-0.3, -0.25) is 14.9 Å². The van der Waals surface area contributed by atoms with Gasteiger partial charge in [-0.2, -0.15) is 0 Å². The molecule has 1 heterocycles. The number of benzene rings is 2. The fourth-order valence-electron chi connectivity index (χ4n) is 2.40. The molecule has 0 fully saturated rings. The smallest absolute Gasteiger partial charge is 0.296 e. The van der Waals surface area contributed by atoms with Crippen LogP contribution in [0.4, 0.5) is 15.8 Å². The quantitative estimate of drug-likeness (QED) is 0.321. The van der Waals surface area contributed by atoms with Crippen LogP contribution in [0.1, 0.15) is 6.92 Å². The number of ether oxygens (including phenoxy) is 1. The number of nitrogens with zero attached hydrogens (tertiary/aromatic N) is 2. The summed E-state index contributed by atoms with van der Waals surface area (Å²) in [6, 6.07) is 10.2. The van der Waals surface area contributed by atoms with E-state index in [1.807, 2.05) is 5.38 Å². The number of nitrogens with one attached hydrogen (secondary N) is 1. The van der Waals surface area contributed by atoms with E-state index in [9.17, 15) is 19.3 Å². The number of thiazole rings is 1. The highest BCUT2D eigenvalue weighted by atomic mass is 32.2. The lowest BCUT2D eigenvalue weighted by Gasteiger charge is -2.11. The van der Waals surface area contributed by atoms with Crippen LogP contribution in [0.2, 0.25) is 0 Å². The first kappa shape index (κ1) is 20.7. The average Bonchev–Trinajstić information content (AvgIpc) is 3.17. The molecule has 3 rings (SSSR count). The van der Waals surface area contributed by atoms with Crippen molar-refractivity contribution in [3.8, 4) is 17.0 Å². The molecule has 0 aliphatic carbocycles. The highest BCUT2D eigenvalue weighted by Crippen LogP contribution is 2.33. The highest BCUT2D eigenvalue weighted by Gasteiger charge is 2.22. The van der Waals surface area contributed by atoms with Gasteiger partial charge in [0, 0.05) is 10.9 Å². The average molecular weight is 433 g/mol. The summed E-state index contributed by atoms with van der Waals surface area (Å²) in [5.41, 5.74) is 1.32. The maximum atomic E-state index is 13.1. The van der Waals surface area contributed by atoms with Crippen LogP contribution in [0.5, 0.6) is 5.75 Å². The molecule has 0 spiro atoms. The predicted octanol–water partition coefficient (Wildman–Crippen LogP) is 4.99. The third-order valence-corrected chi connectivity index (χ3v) is 6.00. The SMILES string of the molecule is COc1ccc(NC(=O)C(C)Sc2nc(-c3ccc(F)cc3)cs2)c([N+](=O)[O-])c1. The molecule has 0 aliphatic rings. The summed E-state index contributed by atoms with van der Waals surface area (Å²) in [7, 11) is 1.41. The molecule has 0 aliphatic heterocycles. The van der Waals surface area contributed by atoms with E-state index in [-0.39, 0.29) is 23.1 Å². The normalized spacial score (nSPS) is 11.7. The number of methoxy groups -OCH3 is 1. The highest BCUT2D eigenvalue weighted by molar-refractivity contribution is 8.02. The zero-order valence-electron chi connectivity index (χ0n) is 15.4. The Morgan fingerprint density at radius 1 is 1.31 bits per heavy atom. The van der Waals surface area contributed by atoms with Gasteiger partial charge in [-0.25, -0.2) is 9.37 Å². The number of nitro groups is 1. The molecule has 0 saturated heterocycles. The third-order valence-electron chi connectivity index (χ3n) is 3.93. The van der Waals surface area contributed by atoms with Gasteiger partial charge in [-0.05, 0) is 43.3 Å². The second-order valence-corrected chi connectivity index (χ2v) is 8.34. The molecule has 0 radical (unpaired) electrons. The Labute approximate surface area is 174 Å². The standard InChI is InChI=1S/C19H16FN3O4S2/c1-11(18(24)21-15-8-7-14(27-2)9-17(15)23(25)26)29-19-22-16(10-28-19)12-3-5-13(20)6-4-12/h3-11H,1-2H3,(H,21,24). The number of halogens is 1. The molecule has 0 bridgehead atoms. The molecule has 7 nitrogen and oxygen atoms in total. The summed E-state index contributed by atoms with van der Waals surface area (Å²) in [5, 5.41) is 15.1. The van der Waals surface area contributed by atoms with Crippen LogP contribution in [-0.4, -0.2) is 28.2 Å². The van der Waals surface area contributed by atoms with Crippen LogP contribution >= 0.6 is 23.1 Å². The first-order valence-electron chi connectivity index (χ1n) is 8.39. The van der Waals surface area contributed by atoms with E-state index in [0.29, 0.717) is 15.8 Å². The van der Waals surface area contributed by atoms with Crippen molar-refractivity contribution >= 4 is 40.4 Å². The molecule has 1 N–H and O–H groups in total. The molecule has 29 heavy (non-hydrogen) atoms. The minimum atomic E-state index is -0.578. The van der Waals surface area contributed by atoms with Gasteiger partial charge < -0.3 is 10.1 Å². The maximum absolute atomic E-state index is 13.1. The van der Waals surface area contributed by atoms with Gasteiger partial charge in [0.25, 0.3) is 5.69 Å². The summed E-state index contributed by atoms with van der Waals surface area (Å²) in [5.74, 6) is -0.383. The molecule has 10 heteroatoms. The number of hydrogen-bond donors (Lipinski definition) is 1. The van der Waals surface area contributed by atoms with Crippen LogP contribution in [-0.2, 0) is 4.79 Å². The van der Waals surface area contributed by atoms with Crippen molar-refractivity contribution in [2.75, 3.05) is 12.4 Å². The fourth-order valence-corrected chi connectivity index (χ4v) is 4.37. The van der Waals surface area contributed by atoms with E-state index in [4.69, 9.17) is 4.74 Å². The van der Waals surface area contributed by atoms with E-state index in [1.54, 1.807) is 19.1 Å². The van der Waals surface area contributed by atoms with E-state index in [0.717, 1.165) is 5.56 Å². The molecule has 1 unspecified atom stereocenters. The third kappa shape index (κ3) is 5.09. The molecule has 150 valence electrons. The van der Waals surface area contributed by atoms with Crippen LogP contribution in [0.15, 0.2) is 52.2 Å². The molecular formula is C19H16FN3O4S2. The summed E-state index contributed by atoms with van der Waals surface area (Å²) >= 11 is 2.61. The molecule has 1 atom stereocenters. The van der Waals surface area contributed by atoms with Crippen LogP contribution in [0.3, 0.4) is 0 Å². The van der Waals surface area contributed by atoms with E-state index < -0.39 is 10.2 Å². The van der Waals surface area contributed by atoms with Gasteiger partial charge in [0.15, 0.2) is 4.34 Å². The van der Waals surface area contributed by atoms with Crippen molar-refractivity contribution in [2.24, 2.45) is 0 Å². The second-order valence-electron chi connectivity index (χ2n) is 5.90. The Kier molecular flexibility index (Phi) is 6.45. The monoisotopic (exact) mass is 433 g/mol. The number of amides is 1. The number of rotatable bonds is 7. The Hall–Kier alpha value is -2.98. The number of carbonyl (C=O) groups excluding carboxylic acids is 1. The number of anilines is 1. The summed E-state index contributed by atoms with van der Waals surface area (Å²) in [6.45, 7) is 1.69. The topological polar surface area (TPSA) is 94.4 Å². The van der Waals surface area contributed by atoms with Gasteiger partial charge in [-0.15, -0.1) is 11.3 Å². The fraction of sp³-hybridized carbons (Fsp3) is 0.158. The maximum Gasteiger partial charge on any atom is 0.296 e. The minimum absolute atomic E-state index is 0.0967. The Balaban J connectivity index is 1.69. The van der Waals surface area contributed by atoms with Gasteiger partial charge in [0.2, 0.25) is 5.91 Å². The van der Waals surface area contributed by atoms with Crippen molar-refractivity contribution in [1.82, 2.24) is 4.98 Å². The van der Waals surface area contributed by atoms with Crippen molar-refractivity contribution < 1.29 is 18.8 Å². The summed E-state index contributed by atoms with van der Waals surface area (Å²) in [6.07, 6.45) is 0. The molecule has 1 amide bonds. The summed E-state index contributed by atoms with van der Waals surface area (Å²) in [4.78, 5) is 27.6. The number of hydrogen-bond acceptors (Lipinski definition) is 7. The number of aromatic nitrogens is 1. The summed E-state index contributed by atoms with van der Waals surface area (Å²) < 4.78 is 18.7. The van der Waals surface area contributed by atoms with Crippen molar-refractivity contribution in [2.45, 2.75) is 16.5 Å². The Morgan fingerprint density at radius 3 is 2.69 bits per heavy atom. The lowest BCUT2D eigenvalue weighted by molar-refractivity contribution is -0.384. The number of carbonyl (C=O) groups is 1. The van der Waals surface area contributed by atoms with E-state index in [1.165, 1.54) is 60.5 Å². The zero-order valence-corrected chi connectivity index (χ0v) is 17.1. The van der Waals surface area contributed by atoms with Gasteiger partial charge in [-0.1, -0.05) is 11.8 Å². The molecule has 2 aromatic carbocycles. The van der Waals surface area contributed by atoms with Crippen molar-refractivity contribution in [3.05, 3.63) is 63.8 Å². The lowest BCUT2D eigenvalue weighted by atomic mass is 10.2.